The minimum atomic E-state index is -4.49. The Morgan fingerprint density at radius 3 is 2.45 bits per heavy atom. The molecule has 1 aromatic heterocycles. The first-order chi connectivity index (χ1) is 18.2. The molecule has 1 atom stereocenters. The van der Waals surface area contributed by atoms with Crippen molar-refractivity contribution in [3.8, 4) is 0 Å². The number of carbonyl (C=O) groups excluding carboxylic acids is 1. The summed E-state index contributed by atoms with van der Waals surface area (Å²) in [6, 6.07) is 15.4. The van der Waals surface area contributed by atoms with Crippen LogP contribution in [0.5, 0.6) is 0 Å². The lowest BCUT2D eigenvalue weighted by Crippen LogP contribution is -2.16. The third-order valence-electron chi connectivity index (χ3n) is 5.84. The minimum Gasteiger partial charge on any atom is -0.478 e. The second-order valence-electron chi connectivity index (χ2n) is 8.36. The number of alkyl halides is 3. The third kappa shape index (κ3) is 6.06. The Labute approximate surface area is 215 Å². The van der Waals surface area contributed by atoms with Crippen LogP contribution >= 0.6 is 0 Å². The molecule has 0 saturated carbocycles. The van der Waals surface area contributed by atoms with E-state index in [1.54, 1.807) is 37.4 Å². The molecule has 3 aromatic carbocycles. The highest BCUT2D eigenvalue weighted by Gasteiger charge is 2.30. The quantitative estimate of drug-likeness (QED) is 0.254. The number of fused-ring (bicyclic) bond motifs is 1. The molecule has 3 N–H and O–H groups in total. The van der Waals surface area contributed by atoms with Gasteiger partial charge in [0.1, 0.15) is 12.1 Å². The summed E-state index contributed by atoms with van der Waals surface area (Å²) in [5.41, 5.74) is 0.802. The number of ether oxygens (including phenoxy) is 1. The van der Waals surface area contributed by atoms with Gasteiger partial charge in [-0.1, -0.05) is 18.2 Å². The van der Waals surface area contributed by atoms with Gasteiger partial charge in [-0.05, 0) is 60.5 Å². The van der Waals surface area contributed by atoms with Gasteiger partial charge in [-0.2, -0.15) is 13.2 Å². The Kier molecular flexibility index (Phi) is 7.87. The fraction of sp³-hybridized carbons (Fsp3) is 0.185. The van der Waals surface area contributed by atoms with Crippen LogP contribution in [0, 0.1) is 0 Å². The lowest BCUT2D eigenvalue weighted by Gasteiger charge is -2.21. The van der Waals surface area contributed by atoms with Gasteiger partial charge < -0.3 is 20.5 Å². The van der Waals surface area contributed by atoms with Crippen molar-refractivity contribution in [2.45, 2.75) is 18.6 Å². The molecular formula is C27H23F3N4O4. The standard InChI is InChI=1S/C27H23F3N4O4/c1-38-13-12-22(34-24-20-6-3-7-21(26(36)37)23(20)31-15-32-24)17-4-2-5-19(14-17)33-25(35)16-8-10-18(11-9-16)27(28,29)30/h2-11,14-15,22H,12-13H2,1H3,(H,33,35)(H,36,37)(H,31,32,34). The van der Waals surface area contributed by atoms with Gasteiger partial charge in [0.25, 0.3) is 5.91 Å². The Hall–Kier alpha value is -4.51. The fourth-order valence-corrected chi connectivity index (χ4v) is 3.95. The molecule has 0 spiro atoms. The lowest BCUT2D eigenvalue weighted by molar-refractivity contribution is -0.137. The van der Waals surface area contributed by atoms with Crippen molar-refractivity contribution in [3.05, 3.63) is 95.3 Å². The largest absolute Gasteiger partial charge is 0.478 e. The van der Waals surface area contributed by atoms with Gasteiger partial charge in [-0.3, -0.25) is 4.79 Å². The van der Waals surface area contributed by atoms with Crippen LogP contribution in [0.25, 0.3) is 10.9 Å². The van der Waals surface area contributed by atoms with E-state index in [9.17, 15) is 27.9 Å². The second-order valence-corrected chi connectivity index (χ2v) is 8.36. The number of rotatable bonds is 9. The van der Waals surface area contributed by atoms with Crippen molar-refractivity contribution in [1.82, 2.24) is 9.97 Å². The molecule has 8 nitrogen and oxygen atoms in total. The van der Waals surface area contributed by atoms with Crippen molar-refractivity contribution in [1.29, 1.82) is 0 Å². The molecule has 0 aliphatic carbocycles. The molecule has 1 unspecified atom stereocenters. The van der Waals surface area contributed by atoms with Gasteiger partial charge in [0.05, 0.1) is 22.7 Å². The summed E-state index contributed by atoms with van der Waals surface area (Å²) in [5, 5.41) is 16.1. The van der Waals surface area contributed by atoms with Crippen LogP contribution in [0.15, 0.2) is 73.1 Å². The number of aromatic nitrogens is 2. The maximum absolute atomic E-state index is 12.8. The maximum Gasteiger partial charge on any atom is 0.416 e. The Morgan fingerprint density at radius 2 is 1.76 bits per heavy atom. The first-order valence-corrected chi connectivity index (χ1v) is 11.5. The monoisotopic (exact) mass is 524 g/mol. The number of nitrogens with zero attached hydrogens (tertiary/aromatic N) is 2. The highest BCUT2D eigenvalue weighted by Crippen LogP contribution is 2.30. The molecular weight excluding hydrogens is 501 g/mol. The SMILES string of the molecule is COCCC(Nc1ncnc2c(C(=O)O)cccc12)c1cccc(NC(=O)c2ccc(C(F)(F)F)cc2)c1. The first-order valence-electron chi connectivity index (χ1n) is 11.5. The zero-order chi connectivity index (χ0) is 27.3. The van der Waals surface area contributed by atoms with Crippen molar-refractivity contribution in [2.75, 3.05) is 24.4 Å². The van der Waals surface area contributed by atoms with E-state index >= 15 is 0 Å². The van der Waals surface area contributed by atoms with E-state index < -0.39 is 23.6 Å². The molecule has 0 saturated heterocycles. The predicted molar refractivity (Wildman–Crippen MR) is 135 cm³/mol. The van der Waals surface area contributed by atoms with E-state index in [0.717, 1.165) is 29.8 Å². The van der Waals surface area contributed by atoms with E-state index in [4.69, 9.17) is 4.74 Å². The van der Waals surface area contributed by atoms with Crippen molar-refractivity contribution in [3.63, 3.8) is 0 Å². The summed E-state index contributed by atoms with van der Waals surface area (Å²) in [7, 11) is 1.57. The molecule has 4 aromatic rings. The summed E-state index contributed by atoms with van der Waals surface area (Å²) >= 11 is 0. The van der Waals surface area contributed by atoms with E-state index in [2.05, 4.69) is 20.6 Å². The summed E-state index contributed by atoms with van der Waals surface area (Å²) in [4.78, 5) is 32.7. The van der Waals surface area contributed by atoms with E-state index in [0.29, 0.717) is 35.4 Å². The van der Waals surface area contributed by atoms with Crippen molar-refractivity contribution in [2.24, 2.45) is 0 Å². The topological polar surface area (TPSA) is 113 Å². The van der Waals surface area contributed by atoms with E-state index in [1.165, 1.54) is 12.4 Å². The zero-order valence-electron chi connectivity index (χ0n) is 20.1. The summed E-state index contributed by atoms with van der Waals surface area (Å²) in [6.45, 7) is 0.392. The third-order valence-corrected chi connectivity index (χ3v) is 5.84. The minimum absolute atomic E-state index is 0.0503. The van der Waals surface area contributed by atoms with E-state index in [-0.39, 0.29) is 17.2 Å². The molecule has 0 aliphatic rings. The molecule has 11 heteroatoms. The van der Waals surface area contributed by atoms with Gasteiger partial charge in [0.15, 0.2) is 0 Å². The van der Waals surface area contributed by atoms with Crippen LogP contribution in [-0.2, 0) is 10.9 Å². The van der Waals surface area contributed by atoms with Gasteiger partial charge in [0.2, 0.25) is 0 Å². The first kappa shape index (κ1) is 26.6. The van der Waals surface area contributed by atoms with Gasteiger partial charge in [-0.15, -0.1) is 0 Å². The summed E-state index contributed by atoms with van der Waals surface area (Å²) in [6.07, 6.45) is -2.69. The number of nitrogens with one attached hydrogen (secondary N) is 2. The molecule has 0 aliphatic heterocycles. The number of halogens is 3. The van der Waals surface area contributed by atoms with Crippen molar-refractivity contribution >= 4 is 34.3 Å². The normalized spacial score (nSPS) is 12.2. The number of methoxy groups -OCH3 is 1. The van der Waals surface area contributed by atoms with Gasteiger partial charge >= 0.3 is 12.1 Å². The zero-order valence-corrected chi connectivity index (χ0v) is 20.1. The average Bonchev–Trinajstić information content (AvgIpc) is 2.90. The van der Waals surface area contributed by atoms with Crippen molar-refractivity contribution < 1.29 is 32.6 Å². The molecule has 4 rings (SSSR count). The number of para-hydroxylation sites is 1. The van der Waals surface area contributed by atoms with E-state index in [1.807, 2.05) is 6.07 Å². The number of carbonyl (C=O) groups is 2. The van der Waals surface area contributed by atoms with Crippen LogP contribution in [0.2, 0.25) is 0 Å². The van der Waals surface area contributed by atoms with Gasteiger partial charge in [0, 0.05) is 30.4 Å². The van der Waals surface area contributed by atoms with Crippen LogP contribution in [-0.4, -0.2) is 40.7 Å². The molecule has 1 amide bonds. The summed E-state index contributed by atoms with van der Waals surface area (Å²) < 4.78 is 43.7. The predicted octanol–water partition coefficient (Wildman–Crippen LogP) is 5.79. The highest BCUT2D eigenvalue weighted by molar-refractivity contribution is 6.05. The second kappa shape index (κ2) is 11.3. The number of hydrogen-bond donors (Lipinski definition) is 3. The molecule has 196 valence electrons. The number of aromatic carboxylic acids is 1. The number of anilines is 2. The Balaban J connectivity index is 1.59. The molecule has 0 radical (unpaired) electrons. The Bertz CT molecular complexity index is 1460. The molecule has 1 heterocycles. The van der Waals surface area contributed by atoms with Crippen LogP contribution < -0.4 is 10.6 Å². The van der Waals surface area contributed by atoms with Crippen LogP contribution in [0.3, 0.4) is 0 Å². The number of hydrogen-bond acceptors (Lipinski definition) is 6. The van der Waals surface area contributed by atoms with Crippen LogP contribution in [0.1, 0.15) is 44.3 Å². The molecule has 0 fully saturated rings. The molecule has 38 heavy (non-hydrogen) atoms. The number of carboxylic acid groups (broad SMARTS) is 1. The Morgan fingerprint density at radius 1 is 1.03 bits per heavy atom. The smallest absolute Gasteiger partial charge is 0.416 e. The molecule has 0 bridgehead atoms. The maximum atomic E-state index is 12.8. The van der Waals surface area contributed by atoms with Crippen LogP contribution in [0.4, 0.5) is 24.7 Å². The number of carboxylic acids is 1. The fourth-order valence-electron chi connectivity index (χ4n) is 3.95. The van der Waals surface area contributed by atoms with Gasteiger partial charge in [-0.25, -0.2) is 14.8 Å². The average molecular weight is 524 g/mol. The summed E-state index contributed by atoms with van der Waals surface area (Å²) in [5.74, 6) is -1.23. The highest BCUT2D eigenvalue weighted by atomic mass is 19.4. The lowest BCUT2D eigenvalue weighted by atomic mass is 10.0. The number of benzene rings is 3. The number of amides is 1.